The van der Waals surface area contributed by atoms with Crippen LogP contribution in [0, 0.1) is 5.92 Å². The summed E-state index contributed by atoms with van der Waals surface area (Å²) in [6, 6.07) is -0.0928. The van der Waals surface area contributed by atoms with E-state index in [1.165, 1.54) is 51.4 Å². The fourth-order valence-corrected chi connectivity index (χ4v) is 2.96. The molecule has 0 amide bonds. The number of hydrogen-bond donors (Lipinski definition) is 1. The van der Waals surface area contributed by atoms with E-state index in [1.807, 2.05) is 0 Å². The zero-order chi connectivity index (χ0) is 15.5. The maximum atomic E-state index is 12.0. The Balaban J connectivity index is 2.03. The molecule has 1 rings (SSSR count). The van der Waals surface area contributed by atoms with Gasteiger partial charge in [-0.3, -0.25) is 4.79 Å². The molecule has 3 unspecified atom stereocenters. The van der Waals surface area contributed by atoms with E-state index in [-0.39, 0.29) is 18.1 Å². The quantitative estimate of drug-likeness (QED) is 0.452. The van der Waals surface area contributed by atoms with Crippen LogP contribution in [0.4, 0.5) is 0 Å². The number of hydrogen-bond acceptors (Lipinski definition) is 3. The Kier molecular flexibility index (Phi) is 9.73. The van der Waals surface area contributed by atoms with Crippen LogP contribution in [-0.2, 0) is 9.53 Å². The van der Waals surface area contributed by atoms with Crippen LogP contribution >= 0.6 is 0 Å². The molecule has 0 aliphatic carbocycles. The second-order valence-corrected chi connectivity index (χ2v) is 6.59. The summed E-state index contributed by atoms with van der Waals surface area (Å²) in [5, 5.41) is 3.37. The summed E-state index contributed by atoms with van der Waals surface area (Å²) in [7, 11) is 0. The van der Waals surface area contributed by atoms with E-state index in [2.05, 4.69) is 26.1 Å². The molecule has 0 bridgehead atoms. The van der Waals surface area contributed by atoms with Crippen LogP contribution in [0.2, 0.25) is 0 Å². The van der Waals surface area contributed by atoms with Crippen LogP contribution in [0.5, 0.6) is 0 Å². The number of rotatable bonds is 11. The smallest absolute Gasteiger partial charge is 0.323 e. The molecule has 1 aliphatic heterocycles. The highest BCUT2D eigenvalue weighted by molar-refractivity contribution is 5.77. The highest BCUT2D eigenvalue weighted by atomic mass is 16.5. The SMILES string of the molecule is CCCCCCCCCCC1CNC(C(C)CC)C(=O)O1. The monoisotopic (exact) mass is 297 g/mol. The van der Waals surface area contributed by atoms with Crippen molar-refractivity contribution in [3.63, 3.8) is 0 Å². The van der Waals surface area contributed by atoms with E-state index >= 15 is 0 Å². The second kappa shape index (κ2) is 11.1. The summed E-state index contributed by atoms with van der Waals surface area (Å²) in [5.41, 5.74) is 0. The lowest BCUT2D eigenvalue weighted by molar-refractivity contribution is -0.158. The van der Waals surface area contributed by atoms with Gasteiger partial charge >= 0.3 is 5.97 Å². The minimum Gasteiger partial charge on any atom is -0.460 e. The van der Waals surface area contributed by atoms with Crippen molar-refractivity contribution in [1.29, 1.82) is 0 Å². The zero-order valence-corrected chi connectivity index (χ0v) is 14.3. The van der Waals surface area contributed by atoms with Crippen molar-refractivity contribution >= 4 is 5.97 Å². The van der Waals surface area contributed by atoms with Crippen LogP contribution in [0.1, 0.15) is 85.0 Å². The van der Waals surface area contributed by atoms with Gasteiger partial charge in [-0.15, -0.1) is 0 Å². The highest BCUT2D eigenvalue weighted by Crippen LogP contribution is 2.18. The van der Waals surface area contributed by atoms with Gasteiger partial charge in [0.15, 0.2) is 0 Å². The Morgan fingerprint density at radius 3 is 2.29 bits per heavy atom. The van der Waals surface area contributed by atoms with Crippen molar-refractivity contribution < 1.29 is 9.53 Å². The van der Waals surface area contributed by atoms with E-state index in [1.54, 1.807) is 0 Å². The Morgan fingerprint density at radius 1 is 1.10 bits per heavy atom. The van der Waals surface area contributed by atoms with Crippen molar-refractivity contribution in [3.05, 3.63) is 0 Å². The highest BCUT2D eigenvalue weighted by Gasteiger charge is 2.32. The number of carbonyl (C=O) groups is 1. The third-order valence-electron chi connectivity index (χ3n) is 4.69. The molecule has 0 aromatic heterocycles. The van der Waals surface area contributed by atoms with Gasteiger partial charge in [0.1, 0.15) is 12.1 Å². The molecule has 3 nitrogen and oxygen atoms in total. The van der Waals surface area contributed by atoms with E-state index in [0.29, 0.717) is 5.92 Å². The largest absolute Gasteiger partial charge is 0.460 e. The molecular weight excluding hydrogens is 262 g/mol. The Labute approximate surface area is 131 Å². The van der Waals surface area contributed by atoms with Crippen LogP contribution in [0.15, 0.2) is 0 Å². The van der Waals surface area contributed by atoms with E-state index < -0.39 is 0 Å². The number of unbranched alkanes of at least 4 members (excludes halogenated alkanes) is 7. The second-order valence-electron chi connectivity index (χ2n) is 6.59. The molecule has 0 spiro atoms. The molecule has 0 radical (unpaired) electrons. The van der Waals surface area contributed by atoms with Gasteiger partial charge in [-0.2, -0.15) is 0 Å². The van der Waals surface area contributed by atoms with Crippen molar-refractivity contribution in [1.82, 2.24) is 5.32 Å². The van der Waals surface area contributed by atoms with E-state index in [9.17, 15) is 4.79 Å². The first kappa shape index (κ1) is 18.5. The Morgan fingerprint density at radius 2 is 1.71 bits per heavy atom. The molecule has 0 saturated carbocycles. The number of carbonyl (C=O) groups excluding carboxylic acids is 1. The normalized spacial score (nSPS) is 23.9. The molecule has 3 heteroatoms. The van der Waals surface area contributed by atoms with Gasteiger partial charge in [0.2, 0.25) is 0 Å². The number of cyclic esters (lactones) is 1. The van der Waals surface area contributed by atoms with Crippen molar-refractivity contribution in [2.24, 2.45) is 5.92 Å². The predicted molar refractivity (Wildman–Crippen MR) is 88.4 cm³/mol. The summed E-state index contributed by atoms with van der Waals surface area (Å²) in [4.78, 5) is 12.0. The molecule has 21 heavy (non-hydrogen) atoms. The van der Waals surface area contributed by atoms with E-state index in [0.717, 1.165) is 19.4 Å². The third kappa shape index (κ3) is 7.30. The molecule has 0 aromatic carbocycles. The molecule has 0 aromatic rings. The Hall–Kier alpha value is -0.570. The van der Waals surface area contributed by atoms with Crippen LogP contribution in [0.3, 0.4) is 0 Å². The summed E-state index contributed by atoms with van der Waals surface area (Å²) >= 11 is 0. The van der Waals surface area contributed by atoms with Gasteiger partial charge in [0.25, 0.3) is 0 Å². The van der Waals surface area contributed by atoms with Crippen molar-refractivity contribution in [2.75, 3.05) is 6.54 Å². The molecule has 124 valence electrons. The van der Waals surface area contributed by atoms with Crippen molar-refractivity contribution in [3.8, 4) is 0 Å². The van der Waals surface area contributed by atoms with Gasteiger partial charge in [0, 0.05) is 6.54 Å². The number of nitrogens with one attached hydrogen (secondary N) is 1. The summed E-state index contributed by atoms with van der Waals surface area (Å²) in [5.74, 6) is 0.321. The molecule has 1 heterocycles. The first-order valence-electron chi connectivity index (χ1n) is 9.12. The molecule has 3 atom stereocenters. The van der Waals surface area contributed by atoms with Gasteiger partial charge in [0.05, 0.1) is 0 Å². The number of morpholine rings is 1. The molecule has 1 saturated heterocycles. The fraction of sp³-hybridized carbons (Fsp3) is 0.944. The van der Waals surface area contributed by atoms with Gasteiger partial charge in [-0.1, -0.05) is 72.1 Å². The van der Waals surface area contributed by atoms with Crippen LogP contribution < -0.4 is 5.32 Å². The van der Waals surface area contributed by atoms with Gasteiger partial charge in [-0.05, 0) is 18.8 Å². The van der Waals surface area contributed by atoms with Crippen LogP contribution in [0.25, 0.3) is 0 Å². The minimum atomic E-state index is -0.0928. The third-order valence-corrected chi connectivity index (χ3v) is 4.69. The van der Waals surface area contributed by atoms with Crippen LogP contribution in [-0.4, -0.2) is 24.7 Å². The number of esters is 1. The predicted octanol–water partition coefficient (Wildman–Crippen LogP) is 4.45. The lowest BCUT2D eigenvalue weighted by Crippen LogP contribution is -2.52. The lowest BCUT2D eigenvalue weighted by Gasteiger charge is -2.32. The molecular formula is C18H35NO2. The number of ether oxygens (including phenoxy) is 1. The summed E-state index contributed by atoms with van der Waals surface area (Å²) in [6.07, 6.45) is 12.7. The van der Waals surface area contributed by atoms with Gasteiger partial charge in [-0.25, -0.2) is 0 Å². The first-order valence-corrected chi connectivity index (χ1v) is 9.12. The fourth-order valence-electron chi connectivity index (χ4n) is 2.96. The summed E-state index contributed by atoms with van der Waals surface area (Å²) in [6.45, 7) is 7.31. The average molecular weight is 297 g/mol. The molecule has 1 N–H and O–H groups in total. The Bertz CT molecular complexity index is 280. The standard InChI is InChI=1S/C18H35NO2/c1-4-6-7-8-9-10-11-12-13-16-14-19-17(15(3)5-2)18(20)21-16/h15-17,19H,4-14H2,1-3H3. The molecule has 1 aliphatic rings. The van der Waals surface area contributed by atoms with Gasteiger partial charge < -0.3 is 10.1 Å². The van der Waals surface area contributed by atoms with E-state index in [4.69, 9.17) is 4.74 Å². The van der Waals surface area contributed by atoms with Crippen molar-refractivity contribution in [2.45, 2.75) is 97.1 Å². The average Bonchev–Trinajstić information content (AvgIpc) is 2.49. The first-order chi connectivity index (χ1) is 10.2. The molecule has 1 fully saturated rings. The minimum absolute atomic E-state index is 0.0415. The summed E-state index contributed by atoms with van der Waals surface area (Å²) < 4.78 is 5.58. The maximum absolute atomic E-state index is 12.0. The lowest BCUT2D eigenvalue weighted by atomic mass is 9.97. The zero-order valence-electron chi connectivity index (χ0n) is 14.3. The maximum Gasteiger partial charge on any atom is 0.323 e. The topological polar surface area (TPSA) is 38.3 Å².